The SMILES string of the molecule is C/C(=C\c1cc(C)n(-c2ccc(C(F)(F)F)cc2)c1C)C(=O)O. The molecule has 0 amide bonds. The molecule has 0 fully saturated rings. The minimum Gasteiger partial charge on any atom is -0.478 e. The summed E-state index contributed by atoms with van der Waals surface area (Å²) in [6.07, 6.45) is -2.82. The molecule has 3 nitrogen and oxygen atoms in total. The highest BCUT2D eigenvalue weighted by Crippen LogP contribution is 2.30. The number of carbonyl (C=O) groups is 1. The number of halogens is 3. The van der Waals surface area contributed by atoms with Gasteiger partial charge in [0.15, 0.2) is 0 Å². The first kappa shape index (κ1) is 16.9. The summed E-state index contributed by atoms with van der Waals surface area (Å²) in [7, 11) is 0. The van der Waals surface area contributed by atoms with E-state index in [0.717, 1.165) is 29.1 Å². The molecule has 2 aromatic rings. The summed E-state index contributed by atoms with van der Waals surface area (Å²) < 4.78 is 39.7. The van der Waals surface area contributed by atoms with Gasteiger partial charge in [-0.15, -0.1) is 0 Å². The van der Waals surface area contributed by atoms with Crippen LogP contribution in [-0.2, 0) is 11.0 Å². The van der Waals surface area contributed by atoms with Gasteiger partial charge in [-0.25, -0.2) is 4.79 Å². The summed E-state index contributed by atoms with van der Waals surface area (Å²) in [5, 5.41) is 8.95. The largest absolute Gasteiger partial charge is 0.478 e. The Bertz CT molecular complexity index is 768. The summed E-state index contributed by atoms with van der Waals surface area (Å²) in [4.78, 5) is 10.9. The average molecular weight is 323 g/mol. The van der Waals surface area contributed by atoms with Gasteiger partial charge in [0.25, 0.3) is 0 Å². The molecule has 122 valence electrons. The zero-order valence-corrected chi connectivity index (χ0v) is 12.9. The van der Waals surface area contributed by atoms with Gasteiger partial charge in [0, 0.05) is 22.6 Å². The van der Waals surface area contributed by atoms with Crippen LogP contribution in [0.15, 0.2) is 35.9 Å². The van der Waals surface area contributed by atoms with E-state index in [9.17, 15) is 18.0 Å². The fourth-order valence-corrected chi connectivity index (χ4v) is 2.43. The predicted octanol–water partition coefficient (Wildman–Crippen LogP) is 4.60. The average Bonchev–Trinajstić information content (AvgIpc) is 2.72. The van der Waals surface area contributed by atoms with Gasteiger partial charge in [-0.1, -0.05) is 0 Å². The van der Waals surface area contributed by atoms with Crippen LogP contribution in [0, 0.1) is 13.8 Å². The molecule has 0 spiro atoms. The van der Waals surface area contributed by atoms with E-state index in [1.165, 1.54) is 19.1 Å². The maximum atomic E-state index is 12.6. The predicted molar refractivity (Wildman–Crippen MR) is 81.5 cm³/mol. The Kier molecular flexibility index (Phi) is 4.36. The Morgan fingerprint density at radius 3 is 2.22 bits per heavy atom. The molecule has 6 heteroatoms. The lowest BCUT2D eigenvalue weighted by Gasteiger charge is -2.12. The van der Waals surface area contributed by atoms with Crippen LogP contribution in [0.5, 0.6) is 0 Å². The van der Waals surface area contributed by atoms with Crippen molar-refractivity contribution in [1.82, 2.24) is 4.57 Å². The van der Waals surface area contributed by atoms with E-state index >= 15 is 0 Å². The van der Waals surface area contributed by atoms with Crippen LogP contribution in [0.3, 0.4) is 0 Å². The number of hydrogen-bond donors (Lipinski definition) is 1. The van der Waals surface area contributed by atoms with Gasteiger partial charge in [0.05, 0.1) is 5.56 Å². The molecule has 2 rings (SSSR count). The topological polar surface area (TPSA) is 42.2 Å². The maximum Gasteiger partial charge on any atom is 0.416 e. The summed E-state index contributed by atoms with van der Waals surface area (Å²) in [6, 6.07) is 6.68. The van der Waals surface area contributed by atoms with Crippen molar-refractivity contribution in [2.75, 3.05) is 0 Å². The van der Waals surface area contributed by atoms with Gasteiger partial charge in [-0.2, -0.15) is 13.2 Å². The summed E-state index contributed by atoms with van der Waals surface area (Å²) >= 11 is 0. The van der Waals surface area contributed by atoms with Gasteiger partial charge in [0.1, 0.15) is 0 Å². The molecule has 0 radical (unpaired) electrons. The van der Waals surface area contributed by atoms with E-state index in [1.54, 1.807) is 23.6 Å². The van der Waals surface area contributed by atoms with Gasteiger partial charge in [0.2, 0.25) is 0 Å². The Morgan fingerprint density at radius 1 is 1.17 bits per heavy atom. The van der Waals surface area contributed by atoms with Crippen LogP contribution in [0.4, 0.5) is 13.2 Å². The second kappa shape index (κ2) is 5.95. The smallest absolute Gasteiger partial charge is 0.416 e. The highest BCUT2D eigenvalue weighted by Gasteiger charge is 2.30. The van der Waals surface area contributed by atoms with E-state index < -0.39 is 17.7 Å². The number of benzene rings is 1. The van der Waals surface area contributed by atoms with Gasteiger partial charge in [-0.05, 0) is 62.7 Å². The quantitative estimate of drug-likeness (QED) is 0.839. The fraction of sp³-hybridized carbons (Fsp3) is 0.235. The highest BCUT2D eigenvalue weighted by atomic mass is 19.4. The summed E-state index contributed by atoms with van der Waals surface area (Å²) in [6.45, 7) is 5.11. The molecule has 0 aliphatic rings. The van der Waals surface area contributed by atoms with E-state index in [1.807, 2.05) is 6.92 Å². The third-order valence-corrected chi connectivity index (χ3v) is 3.63. The van der Waals surface area contributed by atoms with Crippen molar-refractivity contribution in [3.05, 3.63) is 58.4 Å². The molecule has 1 aromatic heterocycles. The molecule has 1 aromatic carbocycles. The number of aryl methyl sites for hydroxylation is 1. The van der Waals surface area contributed by atoms with Crippen LogP contribution in [0.25, 0.3) is 11.8 Å². The van der Waals surface area contributed by atoms with E-state index in [4.69, 9.17) is 5.11 Å². The number of aliphatic carboxylic acids is 1. The maximum absolute atomic E-state index is 12.6. The van der Waals surface area contributed by atoms with Crippen LogP contribution >= 0.6 is 0 Å². The van der Waals surface area contributed by atoms with E-state index in [2.05, 4.69) is 0 Å². The molecule has 0 saturated heterocycles. The van der Waals surface area contributed by atoms with Crippen molar-refractivity contribution < 1.29 is 23.1 Å². The van der Waals surface area contributed by atoms with Crippen LogP contribution in [0.1, 0.15) is 29.4 Å². The van der Waals surface area contributed by atoms with Gasteiger partial charge >= 0.3 is 12.1 Å². The molecule has 0 bridgehead atoms. The van der Waals surface area contributed by atoms with Crippen LogP contribution < -0.4 is 0 Å². The second-order valence-electron chi connectivity index (χ2n) is 5.34. The lowest BCUT2D eigenvalue weighted by atomic mass is 10.1. The molecule has 0 saturated carbocycles. The van der Waals surface area contributed by atoms with E-state index in [-0.39, 0.29) is 5.57 Å². The standard InChI is InChI=1S/C17H16F3NO2/c1-10(16(22)23)8-13-9-11(2)21(12(13)3)15-6-4-14(5-7-15)17(18,19)20/h4-9H,1-3H3,(H,22,23)/b10-8+. The van der Waals surface area contributed by atoms with Crippen molar-refractivity contribution in [2.24, 2.45) is 0 Å². The molecule has 0 aliphatic carbocycles. The number of carboxylic acids is 1. The first-order valence-electron chi connectivity index (χ1n) is 6.89. The minimum absolute atomic E-state index is 0.192. The lowest BCUT2D eigenvalue weighted by molar-refractivity contribution is -0.137. The lowest BCUT2D eigenvalue weighted by Crippen LogP contribution is -2.05. The number of alkyl halides is 3. The number of carboxylic acid groups (broad SMARTS) is 1. The van der Waals surface area contributed by atoms with Gasteiger partial charge < -0.3 is 9.67 Å². The first-order chi connectivity index (χ1) is 10.6. The highest BCUT2D eigenvalue weighted by molar-refractivity contribution is 5.91. The van der Waals surface area contributed by atoms with Gasteiger partial charge in [-0.3, -0.25) is 0 Å². The molecule has 23 heavy (non-hydrogen) atoms. The monoisotopic (exact) mass is 323 g/mol. The normalized spacial score (nSPS) is 12.5. The molecule has 0 atom stereocenters. The van der Waals surface area contributed by atoms with Crippen molar-refractivity contribution in [3.8, 4) is 5.69 Å². The second-order valence-corrected chi connectivity index (χ2v) is 5.34. The fourth-order valence-electron chi connectivity index (χ4n) is 2.43. The van der Waals surface area contributed by atoms with E-state index in [0.29, 0.717) is 5.69 Å². The third-order valence-electron chi connectivity index (χ3n) is 3.63. The molecular formula is C17H16F3NO2. The Balaban J connectivity index is 2.47. The van der Waals surface area contributed by atoms with Crippen molar-refractivity contribution in [1.29, 1.82) is 0 Å². The summed E-state index contributed by atoms with van der Waals surface area (Å²) in [5.41, 5.74) is 2.39. The Morgan fingerprint density at radius 2 is 1.74 bits per heavy atom. The molecular weight excluding hydrogens is 307 g/mol. The number of nitrogens with zero attached hydrogens (tertiary/aromatic N) is 1. The van der Waals surface area contributed by atoms with Crippen LogP contribution in [0.2, 0.25) is 0 Å². The third kappa shape index (κ3) is 3.47. The van der Waals surface area contributed by atoms with Crippen molar-refractivity contribution >= 4 is 12.0 Å². The first-order valence-corrected chi connectivity index (χ1v) is 6.89. The Labute approximate surface area is 131 Å². The zero-order chi connectivity index (χ0) is 17.4. The Hall–Kier alpha value is -2.50. The molecule has 0 unspecified atom stereocenters. The van der Waals surface area contributed by atoms with Crippen molar-refractivity contribution in [3.63, 3.8) is 0 Å². The van der Waals surface area contributed by atoms with Crippen LogP contribution in [-0.4, -0.2) is 15.6 Å². The van der Waals surface area contributed by atoms with Crippen molar-refractivity contribution in [2.45, 2.75) is 26.9 Å². The number of aromatic nitrogens is 1. The minimum atomic E-state index is -4.37. The number of hydrogen-bond acceptors (Lipinski definition) is 1. The summed E-state index contributed by atoms with van der Waals surface area (Å²) in [5.74, 6) is -1.01. The molecule has 0 aliphatic heterocycles. The zero-order valence-electron chi connectivity index (χ0n) is 12.9. The number of rotatable bonds is 3. The molecule has 1 heterocycles. The molecule has 1 N–H and O–H groups in total.